The third-order valence-electron chi connectivity index (χ3n) is 1.69. The van der Waals surface area contributed by atoms with Gasteiger partial charge in [-0.05, 0) is 31.2 Å². The van der Waals surface area contributed by atoms with Crippen LogP contribution in [-0.2, 0) is 0 Å². The molecule has 0 heterocycles. The maximum absolute atomic E-state index is 11.3. The second kappa shape index (κ2) is 4.50. The molecule has 1 N–H and O–H groups in total. The van der Waals surface area contributed by atoms with E-state index >= 15 is 0 Å². The Bertz CT molecular complexity index is 279. The lowest BCUT2D eigenvalue weighted by Crippen LogP contribution is -2.22. The van der Waals surface area contributed by atoms with Gasteiger partial charge in [-0.3, -0.25) is 4.79 Å². The Morgan fingerprint density at radius 2 is 2.00 bits per heavy atom. The molecular formula is C10H13NO2. The summed E-state index contributed by atoms with van der Waals surface area (Å²) >= 11 is 0. The monoisotopic (exact) mass is 179 g/mol. The molecule has 0 aliphatic heterocycles. The molecule has 0 aliphatic rings. The van der Waals surface area contributed by atoms with E-state index in [1.54, 1.807) is 31.4 Å². The van der Waals surface area contributed by atoms with E-state index in [2.05, 4.69) is 5.32 Å². The molecule has 0 spiro atoms. The zero-order valence-electron chi connectivity index (χ0n) is 7.83. The van der Waals surface area contributed by atoms with Gasteiger partial charge in [0.2, 0.25) is 0 Å². The molecular weight excluding hydrogens is 166 g/mol. The van der Waals surface area contributed by atoms with Crippen molar-refractivity contribution in [3.05, 3.63) is 29.8 Å². The lowest BCUT2D eigenvalue weighted by atomic mass is 10.2. The van der Waals surface area contributed by atoms with Crippen LogP contribution in [0.1, 0.15) is 17.3 Å². The van der Waals surface area contributed by atoms with Crippen LogP contribution in [0.15, 0.2) is 24.3 Å². The molecule has 0 unspecified atom stereocenters. The zero-order chi connectivity index (χ0) is 9.68. The molecule has 1 amide bonds. The van der Waals surface area contributed by atoms with Crippen molar-refractivity contribution >= 4 is 5.91 Å². The average Bonchev–Trinajstić information content (AvgIpc) is 2.18. The number of hydrogen-bond donors (Lipinski definition) is 1. The average molecular weight is 179 g/mol. The van der Waals surface area contributed by atoms with E-state index in [9.17, 15) is 4.79 Å². The molecule has 0 saturated carbocycles. The summed E-state index contributed by atoms with van der Waals surface area (Å²) in [6.45, 7) is 2.53. The Balaban J connectivity index is 2.74. The summed E-state index contributed by atoms with van der Waals surface area (Å²) in [5.74, 6) is 0.707. The number of hydrogen-bond acceptors (Lipinski definition) is 2. The van der Waals surface area contributed by atoms with Crippen LogP contribution in [0.2, 0.25) is 0 Å². The first-order valence-electron chi connectivity index (χ1n) is 4.20. The van der Waals surface area contributed by atoms with Gasteiger partial charge >= 0.3 is 0 Å². The van der Waals surface area contributed by atoms with Crippen molar-refractivity contribution in [1.29, 1.82) is 0 Å². The summed E-state index contributed by atoms with van der Waals surface area (Å²) in [5.41, 5.74) is 0.655. The van der Waals surface area contributed by atoms with Gasteiger partial charge in [-0.15, -0.1) is 0 Å². The number of amides is 1. The van der Waals surface area contributed by atoms with E-state index < -0.39 is 0 Å². The van der Waals surface area contributed by atoms with Crippen molar-refractivity contribution in [1.82, 2.24) is 5.32 Å². The second-order valence-corrected chi connectivity index (χ2v) is 2.59. The van der Waals surface area contributed by atoms with E-state index in [-0.39, 0.29) is 5.91 Å². The van der Waals surface area contributed by atoms with E-state index in [1.807, 2.05) is 6.92 Å². The van der Waals surface area contributed by atoms with Crippen molar-refractivity contribution in [3.63, 3.8) is 0 Å². The van der Waals surface area contributed by atoms with Gasteiger partial charge < -0.3 is 10.1 Å². The smallest absolute Gasteiger partial charge is 0.251 e. The predicted octanol–water partition coefficient (Wildman–Crippen LogP) is 1.44. The Kier molecular flexibility index (Phi) is 3.31. The fourth-order valence-corrected chi connectivity index (χ4v) is 1.01. The Morgan fingerprint density at radius 3 is 2.46 bits per heavy atom. The van der Waals surface area contributed by atoms with Crippen molar-refractivity contribution in [2.45, 2.75) is 6.92 Å². The standard InChI is InChI=1S/C10H13NO2/c1-3-11-10(12)8-4-6-9(13-2)7-5-8/h4-7H,3H2,1-2H3,(H,11,12). The summed E-state index contributed by atoms with van der Waals surface area (Å²) in [7, 11) is 1.60. The minimum Gasteiger partial charge on any atom is -0.497 e. The van der Waals surface area contributed by atoms with Crippen molar-refractivity contribution in [2.75, 3.05) is 13.7 Å². The van der Waals surface area contributed by atoms with Crippen LogP contribution in [0.25, 0.3) is 0 Å². The highest BCUT2D eigenvalue weighted by molar-refractivity contribution is 5.94. The minimum absolute atomic E-state index is 0.0508. The van der Waals surface area contributed by atoms with Gasteiger partial charge in [0.25, 0.3) is 5.91 Å². The number of rotatable bonds is 3. The third kappa shape index (κ3) is 2.47. The molecule has 3 heteroatoms. The lowest BCUT2D eigenvalue weighted by Gasteiger charge is -2.03. The summed E-state index contributed by atoms with van der Waals surface area (Å²) in [4.78, 5) is 11.3. The van der Waals surface area contributed by atoms with Crippen LogP contribution >= 0.6 is 0 Å². The van der Waals surface area contributed by atoms with Crippen LogP contribution in [0.4, 0.5) is 0 Å². The first-order chi connectivity index (χ1) is 6.27. The van der Waals surface area contributed by atoms with Crippen LogP contribution in [0.3, 0.4) is 0 Å². The Labute approximate surface area is 77.7 Å². The lowest BCUT2D eigenvalue weighted by molar-refractivity contribution is 0.0956. The van der Waals surface area contributed by atoms with E-state index in [1.165, 1.54) is 0 Å². The fourth-order valence-electron chi connectivity index (χ4n) is 1.01. The number of benzene rings is 1. The molecule has 0 aliphatic carbocycles. The van der Waals surface area contributed by atoms with Crippen molar-refractivity contribution in [2.24, 2.45) is 0 Å². The molecule has 0 bridgehead atoms. The molecule has 70 valence electrons. The first-order valence-corrected chi connectivity index (χ1v) is 4.20. The van der Waals surface area contributed by atoms with E-state index in [4.69, 9.17) is 4.74 Å². The third-order valence-corrected chi connectivity index (χ3v) is 1.69. The van der Waals surface area contributed by atoms with E-state index in [0.29, 0.717) is 12.1 Å². The molecule has 13 heavy (non-hydrogen) atoms. The number of carbonyl (C=O) groups excluding carboxylic acids is 1. The molecule has 0 fully saturated rings. The molecule has 0 aromatic heterocycles. The van der Waals surface area contributed by atoms with Crippen LogP contribution in [-0.4, -0.2) is 19.6 Å². The number of nitrogens with one attached hydrogen (secondary N) is 1. The molecule has 1 aromatic rings. The van der Waals surface area contributed by atoms with Gasteiger partial charge in [0, 0.05) is 12.1 Å². The molecule has 1 rings (SSSR count). The molecule has 0 radical (unpaired) electrons. The second-order valence-electron chi connectivity index (χ2n) is 2.59. The summed E-state index contributed by atoms with van der Waals surface area (Å²) < 4.78 is 4.98. The maximum atomic E-state index is 11.3. The molecule has 0 atom stereocenters. The Morgan fingerprint density at radius 1 is 1.38 bits per heavy atom. The highest BCUT2D eigenvalue weighted by Gasteiger charge is 2.02. The van der Waals surface area contributed by atoms with Gasteiger partial charge in [-0.25, -0.2) is 0 Å². The normalized spacial score (nSPS) is 9.38. The number of carbonyl (C=O) groups is 1. The minimum atomic E-state index is -0.0508. The number of ether oxygens (including phenoxy) is 1. The topological polar surface area (TPSA) is 38.3 Å². The highest BCUT2D eigenvalue weighted by Crippen LogP contribution is 2.10. The van der Waals surface area contributed by atoms with Crippen molar-refractivity contribution in [3.8, 4) is 5.75 Å². The summed E-state index contributed by atoms with van der Waals surface area (Å²) in [6, 6.07) is 7.02. The summed E-state index contributed by atoms with van der Waals surface area (Å²) in [6.07, 6.45) is 0. The van der Waals surface area contributed by atoms with E-state index in [0.717, 1.165) is 5.75 Å². The SMILES string of the molecule is CCNC(=O)c1ccc(OC)cc1. The molecule has 1 aromatic carbocycles. The summed E-state index contributed by atoms with van der Waals surface area (Å²) in [5, 5.41) is 2.72. The van der Waals surface area contributed by atoms with Crippen molar-refractivity contribution < 1.29 is 9.53 Å². The Hall–Kier alpha value is -1.51. The van der Waals surface area contributed by atoms with Crippen LogP contribution in [0.5, 0.6) is 5.75 Å². The first kappa shape index (κ1) is 9.58. The van der Waals surface area contributed by atoms with Gasteiger partial charge in [0.15, 0.2) is 0 Å². The number of methoxy groups -OCH3 is 1. The van der Waals surface area contributed by atoms with Gasteiger partial charge in [-0.1, -0.05) is 0 Å². The van der Waals surface area contributed by atoms with Crippen LogP contribution in [0, 0.1) is 0 Å². The maximum Gasteiger partial charge on any atom is 0.251 e. The molecule has 0 saturated heterocycles. The fraction of sp³-hybridized carbons (Fsp3) is 0.300. The van der Waals surface area contributed by atoms with Gasteiger partial charge in [-0.2, -0.15) is 0 Å². The highest BCUT2D eigenvalue weighted by atomic mass is 16.5. The quantitative estimate of drug-likeness (QED) is 0.762. The van der Waals surface area contributed by atoms with Crippen LogP contribution < -0.4 is 10.1 Å². The van der Waals surface area contributed by atoms with Gasteiger partial charge in [0.1, 0.15) is 5.75 Å². The zero-order valence-corrected chi connectivity index (χ0v) is 7.83. The predicted molar refractivity (Wildman–Crippen MR) is 51.0 cm³/mol. The molecule has 3 nitrogen and oxygen atoms in total. The largest absolute Gasteiger partial charge is 0.497 e. The van der Waals surface area contributed by atoms with Gasteiger partial charge in [0.05, 0.1) is 7.11 Å².